The summed E-state index contributed by atoms with van der Waals surface area (Å²) in [5.74, 6) is 0.116. The molecule has 0 spiro atoms. The summed E-state index contributed by atoms with van der Waals surface area (Å²) in [5.41, 5.74) is 0. The number of amides is 1. The average molecular weight is 148 g/mol. The van der Waals surface area contributed by atoms with Gasteiger partial charge in [-0.15, -0.1) is 0 Å². The van der Waals surface area contributed by atoms with Crippen LogP contribution in [0.15, 0.2) is 29.4 Å². The van der Waals surface area contributed by atoms with E-state index in [1.807, 2.05) is 18.2 Å². The van der Waals surface area contributed by atoms with Crippen LogP contribution in [0.3, 0.4) is 0 Å². The molecule has 0 aromatic carbocycles. The van der Waals surface area contributed by atoms with Crippen molar-refractivity contribution in [1.82, 2.24) is 4.90 Å². The normalized spacial score (nSPS) is 27.5. The van der Waals surface area contributed by atoms with Crippen molar-refractivity contribution in [2.75, 3.05) is 0 Å². The van der Waals surface area contributed by atoms with Crippen molar-refractivity contribution >= 4 is 12.1 Å². The van der Waals surface area contributed by atoms with Crippen molar-refractivity contribution in [1.29, 1.82) is 0 Å². The van der Waals surface area contributed by atoms with Gasteiger partial charge in [-0.25, -0.2) is 0 Å². The fourth-order valence-electron chi connectivity index (χ4n) is 1.18. The van der Waals surface area contributed by atoms with E-state index in [2.05, 4.69) is 4.99 Å². The van der Waals surface area contributed by atoms with Crippen LogP contribution in [-0.4, -0.2) is 23.2 Å². The number of aliphatic imine (C=N–C) groups is 1. The molecule has 0 aliphatic carbocycles. The van der Waals surface area contributed by atoms with Crippen LogP contribution in [0.5, 0.6) is 0 Å². The molecular weight excluding hydrogens is 140 g/mol. The van der Waals surface area contributed by atoms with Crippen LogP contribution in [0.2, 0.25) is 0 Å². The molecule has 2 aliphatic rings. The molecule has 0 aromatic rings. The van der Waals surface area contributed by atoms with Crippen LogP contribution in [0, 0.1) is 0 Å². The minimum atomic E-state index is -0.0822. The number of hydrogen-bond donors (Lipinski definition) is 0. The van der Waals surface area contributed by atoms with Crippen LogP contribution in [-0.2, 0) is 4.79 Å². The van der Waals surface area contributed by atoms with E-state index in [4.69, 9.17) is 0 Å². The lowest BCUT2D eigenvalue weighted by molar-refractivity contribution is -0.128. The molecule has 0 saturated carbocycles. The summed E-state index contributed by atoms with van der Waals surface area (Å²) in [4.78, 5) is 17.0. The highest BCUT2D eigenvalue weighted by molar-refractivity contribution is 5.92. The lowest BCUT2D eigenvalue weighted by atomic mass is 10.2. The average Bonchev–Trinajstić information content (AvgIpc) is 2.06. The highest BCUT2D eigenvalue weighted by Crippen LogP contribution is 2.13. The Morgan fingerprint density at radius 3 is 3.27 bits per heavy atom. The van der Waals surface area contributed by atoms with Gasteiger partial charge in [-0.3, -0.25) is 14.7 Å². The molecule has 3 heteroatoms. The SMILES string of the molecule is O=C1CC=NC2C=CC=CN12. The third-order valence-corrected chi connectivity index (χ3v) is 1.74. The Balaban J connectivity index is 2.31. The van der Waals surface area contributed by atoms with E-state index in [1.54, 1.807) is 17.3 Å². The summed E-state index contributed by atoms with van der Waals surface area (Å²) < 4.78 is 0. The number of nitrogens with zero attached hydrogens (tertiary/aromatic N) is 2. The zero-order valence-electron chi connectivity index (χ0n) is 5.97. The van der Waals surface area contributed by atoms with E-state index < -0.39 is 0 Å². The number of allylic oxidation sites excluding steroid dienone is 2. The molecule has 2 heterocycles. The van der Waals surface area contributed by atoms with Crippen molar-refractivity contribution in [2.45, 2.75) is 12.6 Å². The molecule has 0 saturated heterocycles. The third kappa shape index (κ3) is 0.981. The van der Waals surface area contributed by atoms with Gasteiger partial charge in [0.2, 0.25) is 5.91 Å². The fourth-order valence-corrected chi connectivity index (χ4v) is 1.18. The first-order valence-electron chi connectivity index (χ1n) is 3.56. The van der Waals surface area contributed by atoms with Gasteiger partial charge >= 0.3 is 0 Å². The van der Waals surface area contributed by atoms with E-state index in [0.29, 0.717) is 6.42 Å². The molecule has 11 heavy (non-hydrogen) atoms. The first-order chi connectivity index (χ1) is 5.38. The molecule has 1 amide bonds. The zero-order valence-corrected chi connectivity index (χ0v) is 5.97. The van der Waals surface area contributed by atoms with E-state index in [1.165, 1.54) is 0 Å². The Morgan fingerprint density at radius 2 is 2.45 bits per heavy atom. The first kappa shape index (κ1) is 6.34. The van der Waals surface area contributed by atoms with Gasteiger partial charge in [-0.2, -0.15) is 0 Å². The molecule has 1 unspecified atom stereocenters. The minimum Gasteiger partial charge on any atom is -0.292 e. The molecule has 0 aromatic heterocycles. The van der Waals surface area contributed by atoms with E-state index >= 15 is 0 Å². The number of hydrogen-bond acceptors (Lipinski definition) is 2. The first-order valence-corrected chi connectivity index (χ1v) is 3.56. The maximum Gasteiger partial charge on any atom is 0.233 e. The molecule has 1 atom stereocenters. The van der Waals surface area contributed by atoms with Crippen molar-refractivity contribution in [3.05, 3.63) is 24.4 Å². The van der Waals surface area contributed by atoms with Crippen LogP contribution < -0.4 is 0 Å². The minimum absolute atomic E-state index is 0.0822. The van der Waals surface area contributed by atoms with Gasteiger partial charge in [0.05, 0.1) is 6.42 Å². The molecule has 0 fully saturated rings. The fraction of sp³-hybridized carbons (Fsp3) is 0.250. The molecule has 56 valence electrons. The third-order valence-electron chi connectivity index (χ3n) is 1.74. The molecule has 0 bridgehead atoms. The lowest BCUT2D eigenvalue weighted by Gasteiger charge is -2.27. The predicted octanol–water partition coefficient (Wildman–Crippen LogP) is 0.699. The van der Waals surface area contributed by atoms with Crippen LogP contribution in [0.25, 0.3) is 0 Å². The van der Waals surface area contributed by atoms with Crippen molar-refractivity contribution in [3.8, 4) is 0 Å². The molecule has 2 rings (SSSR count). The highest BCUT2D eigenvalue weighted by Gasteiger charge is 2.21. The molecule has 0 radical (unpaired) electrons. The highest BCUT2D eigenvalue weighted by atomic mass is 16.2. The number of fused-ring (bicyclic) bond motifs is 1. The van der Waals surface area contributed by atoms with E-state index in [-0.39, 0.29) is 12.1 Å². The van der Waals surface area contributed by atoms with Gasteiger partial charge in [-0.05, 0) is 12.2 Å². The van der Waals surface area contributed by atoms with Crippen molar-refractivity contribution < 1.29 is 4.79 Å². The quantitative estimate of drug-likeness (QED) is 0.497. The Morgan fingerprint density at radius 1 is 1.55 bits per heavy atom. The summed E-state index contributed by atoms with van der Waals surface area (Å²) in [6, 6.07) is 0. The second-order valence-electron chi connectivity index (χ2n) is 2.48. The maximum atomic E-state index is 11.2. The van der Waals surface area contributed by atoms with Gasteiger partial charge in [-0.1, -0.05) is 6.08 Å². The van der Waals surface area contributed by atoms with Crippen LogP contribution >= 0.6 is 0 Å². The largest absolute Gasteiger partial charge is 0.292 e. The van der Waals surface area contributed by atoms with E-state index in [9.17, 15) is 4.79 Å². The van der Waals surface area contributed by atoms with Crippen LogP contribution in [0.4, 0.5) is 0 Å². The molecule has 3 nitrogen and oxygen atoms in total. The summed E-state index contributed by atoms with van der Waals surface area (Å²) >= 11 is 0. The Bertz CT molecular complexity index is 265. The van der Waals surface area contributed by atoms with Gasteiger partial charge in [0.15, 0.2) is 0 Å². The van der Waals surface area contributed by atoms with Crippen molar-refractivity contribution in [2.24, 2.45) is 4.99 Å². The topological polar surface area (TPSA) is 32.7 Å². The monoisotopic (exact) mass is 148 g/mol. The summed E-state index contributed by atoms with van der Waals surface area (Å²) in [6.45, 7) is 0. The Hall–Kier alpha value is -1.38. The lowest BCUT2D eigenvalue weighted by Crippen LogP contribution is -2.37. The molecular formula is C8H8N2O. The number of carbonyl (C=O) groups is 1. The Labute approximate surface area is 64.7 Å². The van der Waals surface area contributed by atoms with Gasteiger partial charge in [0.1, 0.15) is 6.17 Å². The smallest absolute Gasteiger partial charge is 0.233 e. The maximum absolute atomic E-state index is 11.2. The second kappa shape index (κ2) is 2.34. The predicted molar refractivity (Wildman–Crippen MR) is 42.0 cm³/mol. The standard InChI is InChI=1S/C8H8N2O/c11-8-4-5-9-7-3-1-2-6-10(7)8/h1-3,5-7H,4H2. The summed E-state index contributed by atoms with van der Waals surface area (Å²) in [7, 11) is 0. The zero-order chi connectivity index (χ0) is 7.68. The summed E-state index contributed by atoms with van der Waals surface area (Å²) in [5, 5.41) is 0. The van der Waals surface area contributed by atoms with E-state index in [0.717, 1.165) is 0 Å². The van der Waals surface area contributed by atoms with Gasteiger partial charge in [0, 0.05) is 12.4 Å². The second-order valence-corrected chi connectivity index (χ2v) is 2.48. The van der Waals surface area contributed by atoms with Gasteiger partial charge < -0.3 is 0 Å². The Kier molecular flexibility index (Phi) is 1.35. The summed E-state index contributed by atoms with van der Waals surface area (Å²) in [6.07, 6.45) is 9.42. The molecule has 2 aliphatic heterocycles. The molecule has 0 N–H and O–H groups in total. The van der Waals surface area contributed by atoms with Crippen LogP contribution in [0.1, 0.15) is 6.42 Å². The number of carbonyl (C=O) groups excluding carboxylic acids is 1. The number of rotatable bonds is 0. The van der Waals surface area contributed by atoms with Gasteiger partial charge in [0.25, 0.3) is 0 Å². The van der Waals surface area contributed by atoms with Crippen molar-refractivity contribution in [3.63, 3.8) is 0 Å².